The van der Waals surface area contributed by atoms with Crippen molar-refractivity contribution in [1.29, 1.82) is 0 Å². The first kappa shape index (κ1) is 9.15. The molecule has 2 fully saturated rings. The van der Waals surface area contributed by atoms with Crippen LogP contribution in [-0.4, -0.2) is 24.0 Å². The van der Waals surface area contributed by atoms with Crippen LogP contribution in [0.3, 0.4) is 0 Å². The highest BCUT2D eigenvalue weighted by molar-refractivity contribution is 7.86. The van der Waals surface area contributed by atoms with Gasteiger partial charge in [-0.15, -0.1) is 0 Å². The van der Waals surface area contributed by atoms with E-state index in [1.54, 1.807) is 6.92 Å². The van der Waals surface area contributed by atoms with Crippen LogP contribution in [0.4, 0.5) is 0 Å². The molecule has 0 radical (unpaired) electrons. The van der Waals surface area contributed by atoms with E-state index in [0.717, 1.165) is 0 Å². The third kappa shape index (κ3) is 1.14. The molecule has 0 amide bonds. The fourth-order valence-electron chi connectivity index (χ4n) is 2.77. The van der Waals surface area contributed by atoms with Gasteiger partial charge in [0.15, 0.2) is 0 Å². The van der Waals surface area contributed by atoms with E-state index in [2.05, 4.69) is 0 Å². The van der Waals surface area contributed by atoms with Crippen molar-refractivity contribution in [2.24, 2.45) is 11.3 Å². The van der Waals surface area contributed by atoms with Crippen LogP contribution in [0.5, 0.6) is 0 Å². The molecule has 0 spiro atoms. The fourth-order valence-corrected chi connectivity index (χ4v) is 4.17. The van der Waals surface area contributed by atoms with Crippen LogP contribution < -0.4 is 0 Å². The van der Waals surface area contributed by atoms with Gasteiger partial charge in [0.2, 0.25) is 0 Å². The standard InChI is InChI=1S/C8H12O4S/c1-8-4-5(2-6(8)9)3-7(8)13(10,11)12/h5,7H,2-4H2,1H3,(H,10,11,12). The Labute approximate surface area is 77.1 Å². The number of carbonyl (C=O) groups excluding carboxylic acids is 1. The summed E-state index contributed by atoms with van der Waals surface area (Å²) in [7, 11) is -4.05. The van der Waals surface area contributed by atoms with E-state index in [9.17, 15) is 13.2 Å². The van der Waals surface area contributed by atoms with Crippen LogP contribution in [0.1, 0.15) is 26.2 Å². The summed E-state index contributed by atoms with van der Waals surface area (Å²) in [6.45, 7) is 1.65. The Balaban J connectivity index is 2.42. The number of fused-ring (bicyclic) bond motifs is 2. The Kier molecular flexibility index (Phi) is 1.64. The molecular weight excluding hydrogens is 192 g/mol. The normalized spacial score (nSPS) is 44.3. The fraction of sp³-hybridized carbons (Fsp3) is 0.875. The third-order valence-electron chi connectivity index (χ3n) is 3.44. The molecule has 4 nitrogen and oxygen atoms in total. The molecular formula is C8H12O4S. The van der Waals surface area contributed by atoms with E-state index in [0.29, 0.717) is 19.3 Å². The highest BCUT2D eigenvalue weighted by Gasteiger charge is 2.59. The summed E-state index contributed by atoms with van der Waals surface area (Å²) in [4.78, 5) is 11.4. The van der Waals surface area contributed by atoms with Crippen LogP contribution in [0.15, 0.2) is 0 Å². The van der Waals surface area contributed by atoms with Crippen LogP contribution in [0.25, 0.3) is 0 Å². The largest absolute Gasteiger partial charge is 0.299 e. The van der Waals surface area contributed by atoms with Crippen molar-refractivity contribution in [2.45, 2.75) is 31.4 Å². The first-order chi connectivity index (χ1) is 5.84. The minimum absolute atomic E-state index is 0.00799. The Bertz CT molecular complexity index is 358. The molecule has 2 aliphatic rings. The van der Waals surface area contributed by atoms with E-state index in [-0.39, 0.29) is 11.7 Å². The number of rotatable bonds is 1. The lowest BCUT2D eigenvalue weighted by Crippen LogP contribution is -2.40. The highest BCUT2D eigenvalue weighted by atomic mass is 32.2. The van der Waals surface area contributed by atoms with Crippen molar-refractivity contribution in [2.75, 3.05) is 0 Å². The summed E-state index contributed by atoms with van der Waals surface area (Å²) in [6.07, 6.45) is 1.56. The van der Waals surface area contributed by atoms with Crippen LogP contribution in [0, 0.1) is 11.3 Å². The molecule has 2 aliphatic carbocycles. The molecule has 2 saturated carbocycles. The monoisotopic (exact) mass is 204 g/mol. The van der Waals surface area contributed by atoms with Crippen molar-refractivity contribution in [3.05, 3.63) is 0 Å². The summed E-state index contributed by atoms with van der Waals surface area (Å²) in [6, 6.07) is 0. The summed E-state index contributed by atoms with van der Waals surface area (Å²) < 4.78 is 30.9. The molecule has 0 aromatic heterocycles. The minimum atomic E-state index is -4.05. The minimum Gasteiger partial charge on any atom is -0.299 e. The molecule has 5 heteroatoms. The second kappa shape index (κ2) is 2.33. The zero-order chi connectivity index (χ0) is 9.85. The van der Waals surface area contributed by atoms with Gasteiger partial charge in [-0.05, 0) is 18.8 Å². The first-order valence-corrected chi connectivity index (χ1v) is 5.84. The lowest BCUT2D eigenvalue weighted by atomic mass is 9.85. The average molecular weight is 204 g/mol. The van der Waals surface area contributed by atoms with Crippen molar-refractivity contribution in [3.8, 4) is 0 Å². The zero-order valence-corrected chi connectivity index (χ0v) is 8.17. The van der Waals surface area contributed by atoms with E-state index in [1.807, 2.05) is 0 Å². The average Bonchev–Trinajstić information content (AvgIpc) is 2.38. The van der Waals surface area contributed by atoms with Gasteiger partial charge in [-0.1, -0.05) is 6.92 Å². The van der Waals surface area contributed by atoms with Gasteiger partial charge in [0, 0.05) is 11.8 Å². The number of hydrogen-bond acceptors (Lipinski definition) is 3. The molecule has 74 valence electrons. The maximum atomic E-state index is 11.4. The molecule has 13 heavy (non-hydrogen) atoms. The molecule has 2 rings (SSSR count). The molecule has 0 aliphatic heterocycles. The molecule has 0 aromatic rings. The molecule has 2 bridgehead atoms. The maximum Gasteiger partial charge on any atom is 0.268 e. The molecule has 0 saturated heterocycles. The van der Waals surface area contributed by atoms with E-state index < -0.39 is 20.8 Å². The predicted molar refractivity (Wildman–Crippen MR) is 45.8 cm³/mol. The third-order valence-corrected chi connectivity index (χ3v) is 4.87. The number of Topliss-reactive ketones (excluding diaryl/α,β-unsaturated/α-hetero) is 1. The molecule has 3 atom stereocenters. The van der Waals surface area contributed by atoms with Gasteiger partial charge in [-0.2, -0.15) is 8.42 Å². The summed E-state index contributed by atoms with van der Waals surface area (Å²) in [5.74, 6) is 0.163. The van der Waals surface area contributed by atoms with Gasteiger partial charge in [0.25, 0.3) is 10.1 Å². The second-order valence-corrected chi connectivity index (χ2v) is 5.95. The number of hydrogen-bond donors (Lipinski definition) is 1. The van der Waals surface area contributed by atoms with Crippen molar-refractivity contribution < 1.29 is 17.8 Å². The first-order valence-electron chi connectivity index (χ1n) is 4.33. The summed E-state index contributed by atoms with van der Waals surface area (Å²) >= 11 is 0. The second-order valence-electron chi connectivity index (χ2n) is 4.35. The van der Waals surface area contributed by atoms with Crippen LogP contribution in [-0.2, 0) is 14.9 Å². The lowest BCUT2D eigenvalue weighted by molar-refractivity contribution is -0.125. The Hall–Kier alpha value is -0.420. The molecule has 0 aromatic carbocycles. The van der Waals surface area contributed by atoms with Gasteiger partial charge in [0.05, 0.1) is 5.25 Å². The van der Waals surface area contributed by atoms with Gasteiger partial charge in [-0.25, -0.2) is 0 Å². The SMILES string of the molecule is CC12CC(CC1=O)CC2S(=O)(=O)O. The Morgan fingerprint density at radius 3 is 2.46 bits per heavy atom. The lowest BCUT2D eigenvalue weighted by Gasteiger charge is -2.26. The smallest absolute Gasteiger partial charge is 0.268 e. The zero-order valence-electron chi connectivity index (χ0n) is 7.36. The van der Waals surface area contributed by atoms with Gasteiger partial charge in [0.1, 0.15) is 5.78 Å². The highest BCUT2D eigenvalue weighted by Crippen LogP contribution is 2.53. The molecule has 1 N–H and O–H groups in total. The molecule has 3 unspecified atom stereocenters. The quantitative estimate of drug-likeness (QED) is 0.636. The summed E-state index contributed by atoms with van der Waals surface area (Å²) in [5.41, 5.74) is -0.807. The number of carbonyl (C=O) groups is 1. The van der Waals surface area contributed by atoms with E-state index in [1.165, 1.54) is 0 Å². The van der Waals surface area contributed by atoms with Crippen molar-refractivity contribution >= 4 is 15.9 Å². The summed E-state index contributed by atoms with van der Waals surface area (Å²) in [5, 5.41) is -0.855. The Morgan fingerprint density at radius 2 is 2.15 bits per heavy atom. The van der Waals surface area contributed by atoms with Crippen LogP contribution >= 0.6 is 0 Å². The van der Waals surface area contributed by atoms with Gasteiger partial charge in [-0.3, -0.25) is 9.35 Å². The van der Waals surface area contributed by atoms with Gasteiger partial charge < -0.3 is 0 Å². The Morgan fingerprint density at radius 1 is 1.54 bits per heavy atom. The van der Waals surface area contributed by atoms with Crippen molar-refractivity contribution in [3.63, 3.8) is 0 Å². The van der Waals surface area contributed by atoms with E-state index in [4.69, 9.17) is 4.55 Å². The number of ketones is 1. The van der Waals surface area contributed by atoms with Crippen molar-refractivity contribution in [1.82, 2.24) is 0 Å². The van der Waals surface area contributed by atoms with Gasteiger partial charge >= 0.3 is 0 Å². The van der Waals surface area contributed by atoms with E-state index >= 15 is 0 Å². The topological polar surface area (TPSA) is 71.4 Å². The predicted octanol–water partition coefficient (Wildman–Crippen LogP) is 0.632. The molecule has 0 heterocycles. The van der Waals surface area contributed by atoms with Crippen LogP contribution in [0.2, 0.25) is 0 Å². The maximum absolute atomic E-state index is 11.4.